The molecular weight excluding hydrogens is 264 g/mol. The second kappa shape index (κ2) is 5.97. The monoisotopic (exact) mass is 282 g/mol. The van der Waals surface area contributed by atoms with Gasteiger partial charge < -0.3 is 15.7 Å². The molecule has 3 rings (SSSR count). The predicted molar refractivity (Wildman–Crippen MR) is 83.1 cm³/mol. The molecule has 0 radical (unpaired) electrons. The molecule has 4 heteroatoms. The summed E-state index contributed by atoms with van der Waals surface area (Å²) < 4.78 is 0. The summed E-state index contributed by atoms with van der Waals surface area (Å²) in [6, 6.07) is 15.3. The third-order valence-corrected chi connectivity index (χ3v) is 3.80. The molecular formula is C17H18N2O2. The number of aliphatic hydroxyl groups is 1. The van der Waals surface area contributed by atoms with Crippen LogP contribution in [0.15, 0.2) is 48.5 Å². The van der Waals surface area contributed by atoms with Gasteiger partial charge >= 0.3 is 0 Å². The van der Waals surface area contributed by atoms with E-state index in [9.17, 15) is 4.79 Å². The first kappa shape index (κ1) is 13.6. The molecule has 2 aromatic rings. The lowest BCUT2D eigenvalue weighted by Crippen LogP contribution is -2.33. The van der Waals surface area contributed by atoms with Crippen molar-refractivity contribution in [3.63, 3.8) is 0 Å². The van der Waals surface area contributed by atoms with Crippen molar-refractivity contribution < 1.29 is 9.90 Å². The molecule has 21 heavy (non-hydrogen) atoms. The molecule has 0 aliphatic carbocycles. The van der Waals surface area contributed by atoms with E-state index in [2.05, 4.69) is 16.7 Å². The van der Waals surface area contributed by atoms with Crippen molar-refractivity contribution in [3.8, 4) is 0 Å². The minimum Gasteiger partial charge on any atom is -0.392 e. The van der Waals surface area contributed by atoms with Gasteiger partial charge in [0.05, 0.1) is 12.5 Å². The van der Waals surface area contributed by atoms with Gasteiger partial charge in [0.15, 0.2) is 0 Å². The van der Waals surface area contributed by atoms with Gasteiger partial charge in [0, 0.05) is 17.9 Å². The topological polar surface area (TPSA) is 61.4 Å². The van der Waals surface area contributed by atoms with Crippen LogP contribution in [0.4, 0.5) is 11.4 Å². The van der Waals surface area contributed by atoms with E-state index in [1.54, 1.807) is 0 Å². The highest BCUT2D eigenvalue weighted by Gasteiger charge is 2.24. The molecule has 1 aliphatic rings. The normalized spacial score (nSPS) is 16.7. The lowest BCUT2D eigenvalue weighted by molar-refractivity contribution is -0.119. The Bertz CT molecular complexity index is 637. The summed E-state index contributed by atoms with van der Waals surface area (Å²) in [4.78, 5) is 12.3. The van der Waals surface area contributed by atoms with Crippen LogP contribution in [0, 0.1) is 5.92 Å². The first-order chi connectivity index (χ1) is 10.3. The Morgan fingerprint density at radius 2 is 1.95 bits per heavy atom. The zero-order valence-corrected chi connectivity index (χ0v) is 11.7. The summed E-state index contributed by atoms with van der Waals surface area (Å²) in [7, 11) is 0. The minimum absolute atomic E-state index is 0.0115. The molecule has 1 aliphatic heterocycles. The van der Waals surface area contributed by atoms with Gasteiger partial charge in [-0.05, 0) is 35.7 Å². The summed E-state index contributed by atoms with van der Waals surface area (Å²) >= 11 is 0. The van der Waals surface area contributed by atoms with Crippen molar-refractivity contribution in [2.75, 3.05) is 17.2 Å². The number of benzene rings is 2. The molecule has 0 saturated carbocycles. The van der Waals surface area contributed by atoms with Gasteiger partial charge in [-0.2, -0.15) is 0 Å². The number of amides is 1. The van der Waals surface area contributed by atoms with Crippen molar-refractivity contribution in [1.82, 2.24) is 0 Å². The maximum atomic E-state index is 12.3. The van der Waals surface area contributed by atoms with Crippen LogP contribution in [0.25, 0.3) is 0 Å². The molecule has 0 spiro atoms. The maximum absolute atomic E-state index is 12.3. The lowest BCUT2D eigenvalue weighted by Gasteiger charge is -2.25. The van der Waals surface area contributed by atoms with E-state index in [0.29, 0.717) is 6.54 Å². The van der Waals surface area contributed by atoms with Crippen molar-refractivity contribution in [2.24, 2.45) is 5.92 Å². The van der Waals surface area contributed by atoms with E-state index in [-0.39, 0.29) is 18.4 Å². The third kappa shape index (κ3) is 3.06. The fourth-order valence-electron chi connectivity index (χ4n) is 2.56. The molecule has 108 valence electrons. The zero-order valence-electron chi connectivity index (χ0n) is 11.7. The molecule has 0 saturated heterocycles. The molecule has 1 amide bonds. The molecule has 0 bridgehead atoms. The first-order valence-corrected chi connectivity index (χ1v) is 7.08. The predicted octanol–water partition coefficient (Wildman–Crippen LogP) is 2.40. The van der Waals surface area contributed by atoms with E-state index in [4.69, 9.17) is 5.11 Å². The Balaban J connectivity index is 1.66. The number of nitrogens with one attached hydrogen (secondary N) is 2. The highest BCUT2D eigenvalue weighted by Crippen LogP contribution is 2.25. The van der Waals surface area contributed by atoms with Gasteiger partial charge in [0.2, 0.25) is 5.91 Å². The van der Waals surface area contributed by atoms with Crippen LogP contribution in [-0.2, 0) is 17.8 Å². The Labute approximate surface area is 123 Å². The molecule has 0 aromatic heterocycles. The summed E-state index contributed by atoms with van der Waals surface area (Å²) in [6.45, 7) is 0.662. The van der Waals surface area contributed by atoms with Crippen molar-refractivity contribution in [2.45, 2.75) is 13.0 Å². The zero-order chi connectivity index (χ0) is 14.7. The van der Waals surface area contributed by atoms with Gasteiger partial charge in [-0.3, -0.25) is 4.79 Å². The highest BCUT2D eigenvalue weighted by atomic mass is 16.3. The SMILES string of the molecule is O=C(Nc1ccc(CO)cc1)C1CNc2ccccc2C1. The van der Waals surface area contributed by atoms with Gasteiger partial charge in [-0.15, -0.1) is 0 Å². The summed E-state index contributed by atoms with van der Waals surface area (Å²) in [5, 5.41) is 15.2. The number of fused-ring (bicyclic) bond motifs is 1. The van der Waals surface area contributed by atoms with Crippen LogP contribution < -0.4 is 10.6 Å². The second-order valence-electron chi connectivity index (χ2n) is 5.28. The number of para-hydroxylation sites is 1. The Hall–Kier alpha value is -2.33. The molecule has 4 nitrogen and oxygen atoms in total. The van der Waals surface area contributed by atoms with Crippen LogP contribution in [0.2, 0.25) is 0 Å². The maximum Gasteiger partial charge on any atom is 0.229 e. The summed E-state index contributed by atoms with van der Waals surface area (Å²) in [5.74, 6) is -0.0498. The first-order valence-electron chi connectivity index (χ1n) is 7.08. The summed E-state index contributed by atoms with van der Waals surface area (Å²) in [6.07, 6.45) is 0.754. The standard InChI is InChI=1S/C17H18N2O2/c20-11-12-5-7-15(8-6-12)19-17(21)14-9-13-3-1-2-4-16(13)18-10-14/h1-8,14,18,20H,9-11H2,(H,19,21). The fraction of sp³-hybridized carbons (Fsp3) is 0.235. The van der Waals surface area contributed by atoms with Crippen molar-refractivity contribution in [1.29, 1.82) is 0 Å². The van der Waals surface area contributed by atoms with E-state index in [1.807, 2.05) is 42.5 Å². The Kier molecular flexibility index (Phi) is 3.88. The van der Waals surface area contributed by atoms with Gasteiger partial charge in [-0.25, -0.2) is 0 Å². The van der Waals surface area contributed by atoms with Crippen LogP contribution in [0.3, 0.4) is 0 Å². The number of carbonyl (C=O) groups is 1. The number of hydrogen-bond donors (Lipinski definition) is 3. The van der Waals surface area contributed by atoms with Crippen LogP contribution >= 0.6 is 0 Å². The van der Waals surface area contributed by atoms with E-state index in [0.717, 1.165) is 23.4 Å². The smallest absolute Gasteiger partial charge is 0.229 e. The Morgan fingerprint density at radius 3 is 2.71 bits per heavy atom. The van der Waals surface area contributed by atoms with Gasteiger partial charge in [-0.1, -0.05) is 30.3 Å². The quantitative estimate of drug-likeness (QED) is 0.810. The van der Waals surface area contributed by atoms with E-state index >= 15 is 0 Å². The van der Waals surface area contributed by atoms with Crippen molar-refractivity contribution in [3.05, 3.63) is 59.7 Å². The third-order valence-electron chi connectivity index (χ3n) is 3.80. The number of anilines is 2. The van der Waals surface area contributed by atoms with Crippen molar-refractivity contribution >= 4 is 17.3 Å². The molecule has 3 N–H and O–H groups in total. The largest absolute Gasteiger partial charge is 0.392 e. The van der Waals surface area contributed by atoms with Crippen LogP contribution in [0.5, 0.6) is 0 Å². The lowest BCUT2D eigenvalue weighted by atomic mass is 9.93. The average Bonchev–Trinajstić information content (AvgIpc) is 2.55. The van der Waals surface area contributed by atoms with E-state index in [1.165, 1.54) is 5.56 Å². The number of hydrogen-bond acceptors (Lipinski definition) is 3. The molecule has 1 unspecified atom stereocenters. The summed E-state index contributed by atoms with van der Waals surface area (Å²) in [5.41, 5.74) is 3.89. The number of carbonyl (C=O) groups excluding carboxylic acids is 1. The minimum atomic E-state index is -0.0718. The molecule has 0 fully saturated rings. The molecule has 1 heterocycles. The Morgan fingerprint density at radius 1 is 1.19 bits per heavy atom. The second-order valence-corrected chi connectivity index (χ2v) is 5.28. The molecule has 1 atom stereocenters. The fourth-order valence-corrected chi connectivity index (χ4v) is 2.56. The highest BCUT2D eigenvalue weighted by molar-refractivity contribution is 5.93. The van der Waals surface area contributed by atoms with Gasteiger partial charge in [0.1, 0.15) is 0 Å². The average molecular weight is 282 g/mol. The number of aliphatic hydroxyl groups excluding tert-OH is 1. The van der Waals surface area contributed by atoms with Crippen LogP contribution in [0.1, 0.15) is 11.1 Å². The number of rotatable bonds is 3. The molecule has 2 aromatic carbocycles. The van der Waals surface area contributed by atoms with Gasteiger partial charge in [0.25, 0.3) is 0 Å². The van der Waals surface area contributed by atoms with Crippen LogP contribution in [-0.4, -0.2) is 17.6 Å². The van der Waals surface area contributed by atoms with E-state index < -0.39 is 0 Å².